The Morgan fingerprint density at radius 2 is 2.04 bits per heavy atom. The zero-order valence-electron chi connectivity index (χ0n) is 14.9. The van der Waals surface area contributed by atoms with Crippen molar-refractivity contribution in [1.29, 1.82) is 0 Å². The molecule has 1 atom stereocenters. The molecule has 3 nitrogen and oxygen atoms in total. The molecule has 0 radical (unpaired) electrons. The second kappa shape index (κ2) is 7.26. The molecule has 0 spiro atoms. The first-order valence-electron chi connectivity index (χ1n) is 8.13. The number of aromatic nitrogens is 1. The van der Waals surface area contributed by atoms with Crippen molar-refractivity contribution in [3.63, 3.8) is 0 Å². The molecule has 1 aromatic carbocycles. The molecule has 0 aliphatic heterocycles. The average Bonchev–Trinajstić information content (AvgIpc) is 2.83. The number of nitrogens with zero attached hydrogens (tertiary/aromatic N) is 1. The first-order chi connectivity index (χ1) is 10.9. The number of nitrogens with one attached hydrogen (secondary N) is 1. The van der Waals surface area contributed by atoms with E-state index in [1.807, 2.05) is 6.92 Å². The molecule has 1 unspecified atom stereocenters. The summed E-state index contributed by atoms with van der Waals surface area (Å²) in [6.07, 6.45) is 2.62. The van der Waals surface area contributed by atoms with Gasteiger partial charge in [0.2, 0.25) is 0 Å². The molecule has 1 N–H and O–H groups in total. The number of aryl methyl sites for hydroxylation is 3. The number of benzene rings is 1. The SMILES string of the molecule is CCC1Cc2cc(C)cc(C)c21.CNc1nc(C)c(C(C)=O)s1. The molecule has 2 aromatic rings. The van der Waals surface area contributed by atoms with Crippen LogP contribution in [0.1, 0.15) is 63.8 Å². The number of fused-ring (bicyclic) bond motifs is 1. The van der Waals surface area contributed by atoms with Crippen LogP contribution in [-0.4, -0.2) is 17.8 Å². The lowest BCUT2D eigenvalue weighted by Gasteiger charge is -2.31. The lowest BCUT2D eigenvalue weighted by Crippen LogP contribution is -2.18. The molecular formula is C19H26N2OS. The van der Waals surface area contributed by atoms with Crippen LogP contribution in [0.5, 0.6) is 0 Å². The summed E-state index contributed by atoms with van der Waals surface area (Å²) in [7, 11) is 1.79. The van der Waals surface area contributed by atoms with Gasteiger partial charge >= 0.3 is 0 Å². The Kier molecular flexibility index (Phi) is 5.58. The highest BCUT2D eigenvalue weighted by molar-refractivity contribution is 7.17. The first kappa shape index (κ1) is 17.7. The third-order valence-corrected chi connectivity index (χ3v) is 5.59. The van der Waals surface area contributed by atoms with Gasteiger partial charge in [0.25, 0.3) is 0 Å². The van der Waals surface area contributed by atoms with Gasteiger partial charge in [0, 0.05) is 14.0 Å². The molecule has 124 valence electrons. The first-order valence-corrected chi connectivity index (χ1v) is 8.95. The normalized spacial score (nSPS) is 15.1. The summed E-state index contributed by atoms with van der Waals surface area (Å²) in [4.78, 5) is 15.8. The Balaban J connectivity index is 0.000000168. The van der Waals surface area contributed by atoms with Gasteiger partial charge in [0.1, 0.15) is 0 Å². The molecule has 1 heterocycles. The van der Waals surface area contributed by atoms with Crippen molar-refractivity contribution in [1.82, 2.24) is 4.98 Å². The van der Waals surface area contributed by atoms with Gasteiger partial charge in [-0.05, 0) is 56.2 Å². The standard InChI is InChI=1S/C12H16.C7H10N2OS/c1-4-10-7-11-6-8(2)5-9(3)12(10)11;1-4-6(5(2)10)11-7(8-3)9-4/h5-6,10H,4,7H2,1-3H3;1-3H3,(H,8,9). The van der Waals surface area contributed by atoms with Crippen LogP contribution in [0.15, 0.2) is 12.1 Å². The second-order valence-corrected chi connectivity index (χ2v) is 7.20. The van der Waals surface area contributed by atoms with Crippen LogP contribution in [0.3, 0.4) is 0 Å². The smallest absolute Gasteiger partial charge is 0.183 e. The van der Waals surface area contributed by atoms with Crippen molar-refractivity contribution in [2.75, 3.05) is 12.4 Å². The Morgan fingerprint density at radius 1 is 1.35 bits per heavy atom. The van der Waals surface area contributed by atoms with Crippen LogP contribution in [0.2, 0.25) is 0 Å². The number of anilines is 1. The Labute approximate surface area is 143 Å². The van der Waals surface area contributed by atoms with Gasteiger partial charge in [0.15, 0.2) is 10.9 Å². The van der Waals surface area contributed by atoms with Crippen molar-refractivity contribution < 1.29 is 4.79 Å². The van der Waals surface area contributed by atoms with E-state index in [0.29, 0.717) is 0 Å². The van der Waals surface area contributed by atoms with Crippen LogP contribution >= 0.6 is 11.3 Å². The summed E-state index contributed by atoms with van der Waals surface area (Å²) in [5.74, 6) is 0.946. The third-order valence-electron chi connectivity index (χ3n) is 4.31. The van der Waals surface area contributed by atoms with Crippen LogP contribution in [0, 0.1) is 20.8 Å². The molecule has 0 fully saturated rings. The van der Waals surface area contributed by atoms with Crippen molar-refractivity contribution in [2.45, 2.75) is 53.4 Å². The van der Waals surface area contributed by atoms with E-state index in [1.54, 1.807) is 25.1 Å². The molecule has 0 saturated carbocycles. The molecule has 23 heavy (non-hydrogen) atoms. The second-order valence-electron chi connectivity index (χ2n) is 6.20. The maximum atomic E-state index is 10.9. The van der Waals surface area contributed by atoms with E-state index in [-0.39, 0.29) is 5.78 Å². The minimum Gasteiger partial charge on any atom is -0.365 e. The highest BCUT2D eigenvalue weighted by Gasteiger charge is 2.25. The van der Waals surface area contributed by atoms with Gasteiger partial charge in [-0.25, -0.2) is 4.98 Å². The Hall–Kier alpha value is -1.68. The fourth-order valence-electron chi connectivity index (χ4n) is 3.23. The van der Waals surface area contributed by atoms with Crippen molar-refractivity contribution >= 4 is 22.3 Å². The topological polar surface area (TPSA) is 42.0 Å². The van der Waals surface area contributed by atoms with E-state index in [4.69, 9.17) is 0 Å². The quantitative estimate of drug-likeness (QED) is 0.801. The number of carbonyl (C=O) groups excluding carboxylic acids is 1. The molecule has 3 rings (SSSR count). The predicted octanol–water partition coefficient (Wildman–Crippen LogP) is 5.05. The van der Waals surface area contributed by atoms with E-state index in [1.165, 1.54) is 35.3 Å². The summed E-state index contributed by atoms with van der Waals surface area (Å²) in [6, 6.07) is 4.65. The van der Waals surface area contributed by atoms with Gasteiger partial charge < -0.3 is 5.32 Å². The Morgan fingerprint density at radius 3 is 2.48 bits per heavy atom. The largest absolute Gasteiger partial charge is 0.365 e. The summed E-state index contributed by atoms with van der Waals surface area (Å²) >= 11 is 1.40. The number of hydrogen-bond acceptors (Lipinski definition) is 4. The number of hydrogen-bond donors (Lipinski definition) is 1. The number of Topliss-reactive ketones (excluding diaryl/α,β-unsaturated/α-hetero) is 1. The summed E-state index contributed by atoms with van der Waals surface area (Å²) in [5, 5.41) is 3.70. The fourth-order valence-corrected chi connectivity index (χ4v) is 4.05. The molecule has 1 aliphatic rings. The van der Waals surface area contributed by atoms with Crippen LogP contribution in [-0.2, 0) is 6.42 Å². The van der Waals surface area contributed by atoms with Gasteiger partial charge in [-0.1, -0.05) is 36.0 Å². The number of rotatable bonds is 3. The lowest BCUT2D eigenvalue weighted by molar-refractivity contribution is 0.102. The summed E-state index contributed by atoms with van der Waals surface area (Å²) in [5.41, 5.74) is 6.97. The molecule has 0 amide bonds. The van der Waals surface area contributed by atoms with E-state index < -0.39 is 0 Å². The number of thiazole rings is 1. The predicted molar refractivity (Wildman–Crippen MR) is 99.1 cm³/mol. The number of carbonyl (C=O) groups is 1. The van der Waals surface area contributed by atoms with Gasteiger partial charge in [-0.3, -0.25) is 4.79 Å². The van der Waals surface area contributed by atoms with Crippen molar-refractivity contribution in [3.8, 4) is 0 Å². The molecule has 1 aromatic heterocycles. The molecular weight excluding hydrogens is 304 g/mol. The molecule has 1 aliphatic carbocycles. The van der Waals surface area contributed by atoms with E-state index in [0.717, 1.165) is 21.6 Å². The Bertz CT molecular complexity index is 701. The number of ketones is 1. The maximum Gasteiger partial charge on any atom is 0.183 e. The van der Waals surface area contributed by atoms with Crippen LogP contribution in [0.25, 0.3) is 0 Å². The fraction of sp³-hybridized carbons (Fsp3) is 0.474. The average molecular weight is 330 g/mol. The van der Waals surface area contributed by atoms with Crippen molar-refractivity contribution in [3.05, 3.63) is 45.0 Å². The minimum atomic E-state index is 0.0847. The zero-order chi connectivity index (χ0) is 17.1. The highest BCUT2D eigenvalue weighted by Crippen LogP contribution is 2.40. The van der Waals surface area contributed by atoms with E-state index >= 15 is 0 Å². The molecule has 0 saturated heterocycles. The van der Waals surface area contributed by atoms with Gasteiger partial charge in [-0.2, -0.15) is 0 Å². The zero-order valence-corrected chi connectivity index (χ0v) is 15.7. The van der Waals surface area contributed by atoms with Crippen LogP contribution < -0.4 is 5.32 Å². The van der Waals surface area contributed by atoms with Crippen molar-refractivity contribution in [2.24, 2.45) is 0 Å². The molecule has 0 bridgehead atoms. The van der Waals surface area contributed by atoms with E-state index in [9.17, 15) is 4.79 Å². The summed E-state index contributed by atoms with van der Waals surface area (Å²) < 4.78 is 0. The molecule has 4 heteroatoms. The van der Waals surface area contributed by atoms with E-state index in [2.05, 4.69) is 43.2 Å². The highest BCUT2D eigenvalue weighted by atomic mass is 32.1. The summed E-state index contributed by atoms with van der Waals surface area (Å²) in [6.45, 7) is 10.1. The third kappa shape index (κ3) is 3.81. The maximum absolute atomic E-state index is 10.9. The van der Waals surface area contributed by atoms with Crippen LogP contribution in [0.4, 0.5) is 5.13 Å². The lowest BCUT2D eigenvalue weighted by atomic mass is 9.73. The van der Waals surface area contributed by atoms with Gasteiger partial charge in [0.05, 0.1) is 10.6 Å². The minimum absolute atomic E-state index is 0.0847. The van der Waals surface area contributed by atoms with Gasteiger partial charge in [-0.15, -0.1) is 0 Å². The monoisotopic (exact) mass is 330 g/mol.